The Morgan fingerprint density at radius 1 is 0.972 bits per heavy atom. The Labute approximate surface area is 208 Å². The van der Waals surface area contributed by atoms with Crippen LogP contribution in [0, 0.1) is 20.2 Å². The second kappa shape index (κ2) is 12.8. The molecule has 0 fully saturated rings. The molecule has 192 valence electrons. The van der Waals surface area contributed by atoms with Gasteiger partial charge >= 0.3 is 22.6 Å². The first kappa shape index (κ1) is 27.8. The van der Waals surface area contributed by atoms with Gasteiger partial charge in [-0.25, -0.2) is 0 Å². The van der Waals surface area contributed by atoms with Crippen LogP contribution in [-0.4, -0.2) is 54.0 Å². The zero-order valence-electron chi connectivity index (χ0n) is 19.5. The highest BCUT2D eigenvalue weighted by atomic mass is 32.1. The van der Waals surface area contributed by atoms with Gasteiger partial charge in [0.15, 0.2) is 0 Å². The van der Waals surface area contributed by atoms with Gasteiger partial charge in [0.1, 0.15) is 25.0 Å². The fourth-order valence-corrected chi connectivity index (χ4v) is 3.58. The number of ether oxygens (including phenoxy) is 2. The van der Waals surface area contributed by atoms with Gasteiger partial charge in [0.05, 0.1) is 28.6 Å². The van der Waals surface area contributed by atoms with Gasteiger partial charge in [-0.2, -0.15) is 0 Å². The van der Waals surface area contributed by atoms with Crippen LogP contribution in [0.5, 0.6) is 0 Å². The molecule has 0 saturated carbocycles. The molecule has 1 N–H and O–H groups in total. The molecule has 1 aromatic heterocycles. The Bertz CT molecular complexity index is 1180. The van der Waals surface area contributed by atoms with Gasteiger partial charge in [0.2, 0.25) is 10.9 Å². The maximum atomic E-state index is 11.8. The predicted octanol–water partition coefficient (Wildman–Crippen LogP) is 3.87. The zero-order chi connectivity index (χ0) is 26.8. The molecule has 0 saturated heterocycles. The summed E-state index contributed by atoms with van der Waals surface area (Å²) in [6.07, 6.45) is 0. The minimum Gasteiger partial charge on any atom is -0.464 e. The van der Waals surface area contributed by atoms with E-state index in [1.165, 1.54) is 26.8 Å². The van der Waals surface area contributed by atoms with E-state index < -0.39 is 38.4 Å². The first-order valence-electron chi connectivity index (χ1n) is 10.3. The molecule has 36 heavy (non-hydrogen) atoms. The molecule has 0 aliphatic carbocycles. The molecule has 0 unspecified atom stereocenters. The summed E-state index contributed by atoms with van der Waals surface area (Å²) in [6, 6.07) is 5.42. The van der Waals surface area contributed by atoms with E-state index >= 15 is 0 Å². The van der Waals surface area contributed by atoms with E-state index in [2.05, 4.69) is 15.5 Å². The monoisotopic (exact) mass is 522 g/mol. The fourth-order valence-electron chi connectivity index (χ4n) is 2.82. The predicted molar refractivity (Wildman–Crippen MR) is 128 cm³/mol. The second-order valence-electron chi connectivity index (χ2n) is 7.04. The number of esters is 2. The maximum Gasteiger partial charge on any atom is 0.333 e. The van der Waals surface area contributed by atoms with Gasteiger partial charge in [0.25, 0.3) is 0 Å². The highest BCUT2D eigenvalue weighted by molar-refractivity contribution is 7.19. The number of hydrogen-bond donors (Lipinski definition) is 1. The molecule has 0 spiro atoms. The van der Waals surface area contributed by atoms with Gasteiger partial charge in [-0.15, -0.1) is 10.2 Å². The summed E-state index contributed by atoms with van der Waals surface area (Å²) in [5.74, 6) is -1.37. The molecular weight excluding hydrogens is 500 g/mol. The van der Waals surface area contributed by atoms with Crippen LogP contribution in [-0.2, 0) is 23.9 Å². The molecule has 1 aromatic carbocycles. The third-order valence-corrected chi connectivity index (χ3v) is 5.25. The van der Waals surface area contributed by atoms with Gasteiger partial charge in [-0.3, -0.25) is 34.6 Å². The number of rotatable bonds is 12. The zero-order valence-corrected chi connectivity index (χ0v) is 20.3. The number of benzene rings is 1. The molecule has 0 bridgehead atoms. The van der Waals surface area contributed by atoms with Gasteiger partial charge < -0.3 is 19.7 Å². The third-order valence-electron chi connectivity index (χ3n) is 4.29. The van der Waals surface area contributed by atoms with Crippen LogP contribution in [0.1, 0.15) is 20.8 Å². The van der Waals surface area contributed by atoms with E-state index in [-0.39, 0.29) is 42.7 Å². The molecule has 16 heteroatoms. The number of nitrogens with zero attached hydrogens (tertiary/aromatic N) is 5. The molecule has 15 nitrogen and oxygen atoms in total. The van der Waals surface area contributed by atoms with E-state index in [0.717, 1.165) is 6.07 Å². The van der Waals surface area contributed by atoms with Crippen molar-refractivity contribution >= 4 is 61.9 Å². The SMILES string of the molecule is CC(=O)Nc1cc(N(CCOC(C)=O)CCOC(C)=O)ccc1N=Nc1sc([N+](=O)[O-])cc1[N+](=O)[O-]. The van der Waals surface area contributed by atoms with Crippen molar-refractivity contribution in [2.75, 3.05) is 36.5 Å². The second-order valence-corrected chi connectivity index (χ2v) is 8.05. The fraction of sp³-hybridized carbons (Fsp3) is 0.350. The number of nitro groups is 2. The molecule has 0 radical (unpaired) electrons. The molecule has 2 rings (SSSR count). The lowest BCUT2D eigenvalue weighted by Gasteiger charge is -2.25. The number of carbonyl (C=O) groups excluding carboxylic acids is 3. The van der Waals surface area contributed by atoms with Crippen LogP contribution in [0.4, 0.5) is 32.8 Å². The van der Waals surface area contributed by atoms with Crippen molar-refractivity contribution < 1.29 is 33.7 Å². The van der Waals surface area contributed by atoms with E-state index in [9.17, 15) is 34.6 Å². The number of nitrogens with one attached hydrogen (secondary N) is 1. The third kappa shape index (κ3) is 8.39. The van der Waals surface area contributed by atoms with Gasteiger partial charge in [-0.1, -0.05) is 0 Å². The molecule has 1 heterocycles. The van der Waals surface area contributed by atoms with E-state index in [1.54, 1.807) is 17.0 Å². The molecule has 1 amide bonds. The molecule has 0 atom stereocenters. The van der Waals surface area contributed by atoms with Crippen LogP contribution in [0.15, 0.2) is 34.5 Å². The average Bonchev–Trinajstić information content (AvgIpc) is 3.21. The summed E-state index contributed by atoms with van der Waals surface area (Å²) in [7, 11) is 0. The lowest BCUT2D eigenvalue weighted by Crippen LogP contribution is -2.32. The number of hydrogen-bond acceptors (Lipinski definition) is 13. The molecule has 2 aromatic rings. The molecule has 0 aliphatic rings. The Balaban J connectivity index is 2.39. The first-order chi connectivity index (χ1) is 17.0. The number of azo groups is 1. The summed E-state index contributed by atoms with van der Waals surface area (Å²) >= 11 is 0.486. The van der Waals surface area contributed by atoms with E-state index in [1.807, 2.05) is 0 Å². The standard InChI is InChI=1S/C20H22N6O9S/c1-12(27)21-17-10-15(24(6-8-34-13(2)28)7-9-35-14(3)29)4-5-16(17)22-23-20-18(25(30)31)11-19(36-20)26(32)33/h4-5,10-11H,6-9H2,1-3H3,(H,21,27). The number of carbonyl (C=O) groups is 3. The topological polar surface area (TPSA) is 196 Å². The van der Waals surface area contributed by atoms with Crippen molar-refractivity contribution in [2.45, 2.75) is 20.8 Å². The minimum absolute atomic E-state index is 0.0488. The van der Waals surface area contributed by atoms with Crippen LogP contribution >= 0.6 is 11.3 Å². The first-order valence-corrected chi connectivity index (χ1v) is 11.1. The van der Waals surface area contributed by atoms with E-state index in [0.29, 0.717) is 17.0 Å². The van der Waals surface area contributed by atoms with Crippen LogP contribution in [0.3, 0.4) is 0 Å². The smallest absolute Gasteiger partial charge is 0.333 e. The normalized spacial score (nSPS) is 10.6. The van der Waals surface area contributed by atoms with Crippen molar-refractivity contribution in [3.8, 4) is 0 Å². The van der Waals surface area contributed by atoms with Crippen molar-refractivity contribution in [1.29, 1.82) is 0 Å². The largest absolute Gasteiger partial charge is 0.464 e. The number of thiophene rings is 1. The maximum absolute atomic E-state index is 11.8. The van der Waals surface area contributed by atoms with Crippen molar-refractivity contribution in [1.82, 2.24) is 0 Å². The van der Waals surface area contributed by atoms with Crippen molar-refractivity contribution in [3.05, 3.63) is 44.5 Å². The number of amides is 1. The average molecular weight is 522 g/mol. The Kier molecular flexibility index (Phi) is 9.91. The minimum atomic E-state index is -0.806. The van der Waals surface area contributed by atoms with Crippen molar-refractivity contribution in [2.24, 2.45) is 10.2 Å². The van der Waals surface area contributed by atoms with E-state index in [4.69, 9.17) is 9.47 Å². The van der Waals surface area contributed by atoms with Gasteiger partial charge in [-0.05, 0) is 29.5 Å². The summed E-state index contributed by atoms with van der Waals surface area (Å²) in [4.78, 5) is 56.4. The molecule has 0 aliphatic heterocycles. The molecular formula is C20H22N6O9S. The Hall–Kier alpha value is -4.47. The Morgan fingerprint density at radius 2 is 1.58 bits per heavy atom. The highest BCUT2D eigenvalue weighted by Crippen LogP contribution is 2.42. The number of anilines is 2. The van der Waals surface area contributed by atoms with Crippen LogP contribution in [0.25, 0.3) is 0 Å². The van der Waals surface area contributed by atoms with Crippen molar-refractivity contribution in [3.63, 3.8) is 0 Å². The summed E-state index contributed by atoms with van der Waals surface area (Å²) in [5, 5.41) is 31.8. The highest BCUT2D eigenvalue weighted by Gasteiger charge is 2.25. The lowest BCUT2D eigenvalue weighted by atomic mass is 10.2. The summed E-state index contributed by atoms with van der Waals surface area (Å²) in [6.45, 7) is 4.38. The lowest BCUT2D eigenvalue weighted by molar-refractivity contribution is -0.389. The summed E-state index contributed by atoms with van der Waals surface area (Å²) in [5.41, 5.74) is 0.298. The Morgan fingerprint density at radius 3 is 2.08 bits per heavy atom. The van der Waals surface area contributed by atoms with Crippen LogP contribution in [0.2, 0.25) is 0 Å². The summed E-state index contributed by atoms with van der Waals surface area (Å²) < 4.78 is 9.97. The quantitative estimate of drug-likeness (QED) is 0.185. The van der Waals surface area contributed by atoms with Crippen LogP contribution < -0.4 is 10.2 Å². The van der Waals surface area contributed by atoms with Gasteiger partial charge in [0, 0.05) is 26.5 Å².